The molecule has 1 aliphatic rings. The van der Waals surface area contributed by atoms with Crippen LogP contribution in [0.25, 0.3) is 0 Å². The normalized spacial score (nSPS) is 16.1. The molecule has 0 bridgehead atoms. The van der Waals surface area contributed by atoms with Crippen LogP contribution < -0.4 is 10.6 Å². The van der Waals surface area contributed by atoms with Crippen molar-refractivity contribution in [1.82, 2.24) is 15.5 Å². The van der Waals surface area contributed by atoms with Gasteiger partial charge in [0.15, 0.2) is 0 Å². The summed E-state index contributed by atoms with van der Waals surface area (Å²) in [6.07, 6.45) is 0. The summed E-state index contributed by atoms with van der Waals surface area (Å²) in [6, 6.07) is 27.0. The second-order valence-electron chi connectivity index (χ2n) is 7.41. The Kier molecular flexibility index (Phi) is 6.20. The molecule has 0 saturated carbocycles. The van der Waals surface area contributed by atoms with Gasteiger partial charge < -0.3 is 15.5 Å². The van der Waals surface area contributed by atoms with Crippen LogP contribution >= 0.6 is 0 Å². The maximum absolute atomic E-state index is 13.0. The van der Waals surface area contributed by atoms with E-state index in [1.807, 2.05) is 53.4 Å². The Morgan fingerprint density at radius 3 is 2.20 bits per heavy atom. The lowest BCUT2D eigenvalue weighted by atomic mass is 10.0. The van der Waals surface area contributed by atoms with Gasteiger partial charge in [-0.3, -0.25) is 9.59 Å². The van der Waals surface area contributed by atoms with E-state index in [1.54, 1.807) is 24.3 Å². The smallest absolute Gasteiger partial charge is 0.253 e. The number of nitrogens with one attached hydrogen (secondary N) is 2. The Morgan fingerprint density at radius 2 is 1.50 bits per heavy atom. The molecule has 5 nitrogen and oxygen atoms in total. The van der Waals surface area contributed by atoms with Gasteiger partial charge in [0.25, 0.3) is 11.8 Å². The molecule has 3 aromatic carbocycles. The van der Waals surface area contributed by atoms with Crippen LogP contribution in [0.1, 0.15) is 37.9 Å². The highest BCUT2D eigenvalue weighted by Gasteiger charge is 2.25. The molecule has 2 N–H and O–H groups in total. The fourth-order valence-electron chi connectivity index (χ4n) is 3.67. The van der Waals surface area contributed by atoms with E-state index >= 15 is 0 Å². The molecule has 1 aliphatic heterocycles. The zero-order chi connectivity index (χ0) is 20.8. The highest BCUT2D eigenvalue weighted by atomic mass is 16.2. The highest BCUT2D eigenvalue weighted by molar-refractivity contribution is 5.97. The van der Waals surface area contributed by atoms with E-state index < -0.39 is 0 Å². The Hall–Kier alpha value is -3.44. The number of carbonyl (C=O) groups is 2. The van der Waals surface area contributed by atoms with Crippen LogP contribution in [0.4, 0.5) is 0 Å². The van der Waals surface area contributed by atoms with Crippen molar-refractivity contribution in [2.45, 2.75) is 12.6 Å². The summed E-state index contributed by atoms with van der Waals surface area (Å²) < 4.78 is 0. The number of carbonyl (C=O) groups excluding carboxylic acids is 2. The van der Waals surface area contributed by atoms with Gasteiger partial charge >= 0.3 is 0 Å². The number of nitrogens with zero attached hydrogens (tertiary/aromatic N) is 1. The van der Waals surface area contributed by atoms with Gasteiger partial charge in [-0.1, -0.05) is 60.7 Å². The number of hydrogen-bond acceptors (Lipinski definition) is 3. The Labute approximate surface area is 176 Å². The first-order chi connectivity index (χ1) is 14.7. The van der Waals surface area contributed by atoms with E-state index in [4.69, 9.17) is 0 Å². The number of amides is 2. The van der Waals surface area contributed by atoms with Crippen molar-refractivity contribution in [1.29, 1.82) is 0 Å². The number of piperazine rings is 1. The number of rotatable bonds is 5. The maximum atomic E-state index is 13.0. The predicted octanol–water partition coefficient (Wildman–Crippen LogP) is 3.40. The Bertz CT molecular complexity index is 988. The summed E-state index contributed by atoms with van der Waals surface area (Å²) in [5, 5.41) is 6.39. The summed E-state index contributed by atoms with van der Waals surface area (Å²) in [6.45, 7) is 2.52. The topological polar surface area (TPSA) is 61.4 Å². The van der Waals surface area contributed by atoms with E-state index in [1.165, 1.54) is 5.56 Å². The van der Waals surface area contributed by atoms with E-state index in [2.05, 4.69) is 22.8 Å². The van der Waals surface area contributed by atoms with Gasteiger partial charge in [-0.25, -0.2) is 0 Å². The molecule has 1 unspecified atom stereocenters. The van der Waals surface area contributed by atoms with Crippen LogP contribution in [0, 0.1) is 0 Å². The largest absolute Gasteiger partial charge is 0.348 e. The van der Waals surface area contributed by atoms with Crippen molar-refractivity contribution in [2.24, 2.45) is 0 Å². The zero-order valence-electron chi connectivity index (χ0n) is 16.8. The summed E-state index contributed by atoms with van der Waals surface area (Å²) in [4.78, 5) is 27.2. The van der Waals surface area contributed by atoms with Crippen molar-refractivity contribution in [3.05, 3.63) is 107 Å². The minimum Gasteiger partial charge on any atom is -0.348 e. The Morgan fingerprint density at radius 1 is 0.867 bits per heavy atom. The molecule has 152 valence electrons. The van der Waals surface area contributed by atoms with Crippen LogP contribution in [0.15, 0.2) is 84.9 Å². The zero-order valence-corrected chi connectivity index (χ0v) is 16.8. The summed E-state index contributed by atoms with van der Waals surface area (Å²) >= 11 is 0. The van der Waals surface area contributed by atoms with Gasteiger partial charge in [0.1, 0.15) is 0 Å². The second kappa shape index (κ2) is 9.37. The third kappa shape index (κ3) is 4.75. The fraction of sp³-hybridized carbons (Fsp3) is 0.200. The molecule has 2 amide bonds. The van der Waals surface area contributed by atoms with E-state index in [0.29, 0.717) is 30.8 Å². The molecular weight excluding hydrogens is 374 g/mol. The van der Waals surface area contributed by atoms with Gasteiger partial charge in [0.2, 0.25) is 0 Å². The van der Waals surface area contributed by atoms with Crippen molar-refractivity contribution < 1.29 is 9.59 Å². The molecule has 1 atom stereocenters. The van der Waals surface area contributed by atoms with Gasteiger partial charge in [0, 0.05) is 43.3 Å². The summed E-state index contributed by atoms with van der Waals surface area (Å²) in [7, 11) is 0. The number of hydrogen-bond donors (Lipinski definition) is 2. The van der Waals surface area contributed by atoms with E-state index in [9.17, 15) is 9.59 Å². The fourth-order valence-corrected chi connectivity index (χ4v) is 3.67. The van der Waals surface area contributed by atoms with E-state index in [0.717, 1.165) is 12.1 Å². The molecule has 0 radical (unpaired) electrons. The molecule has 1 heterocycles. The van der Waals surface area contributed by atoms with Gasteiger partial charge in [-0.15, -0.1) is 0 Å². The highest BCUT2D eigenvalue weighted by Crippen LogP contribution is 2.19. The molecule has 0 spiro atoms. The molecule has 1 fully saturated rings. The predicted molar refractivity (Wildman–Crippen MR) is 117 cm³/mol. The second-order valence-corrected chi connectivity index (χ2v) is 7.41. The molecule has 3 aromatic rings. The first kappa shape index (κ1) is 19.9. The standard InChI is InChI=1S/C25H25N3O2/c29-24(27-17-19-7-3-1-4-8-19)21-11-13-22(14-12-21)25(30)28-16-15-26-23(18-28)20-9-5-2-6-10-20/h1-14,23,26H,15-18H2,(H,27,29). The average Bonchev–Trinajstić information content (AvgIpc) is 2.83. The quantitative estimate of drug-likeness (QED) is 0.691. The molecule has 4 rings (SSSR count). The first-order valence-corrected chi connectivity index (χ1v) is 10.2. The third-order valence-corrected chi connectivity index (χ3v) is 5.35. The molecule has 30 heavy (non-hydrogen) atoms. The lowest BCUT2D eigenvalue weighted by molar-refractivity contribution is 0.0702. The van der Waals surface area contributed by atoms with Crippen LogP contribution in [0.2, 0.25) is 0 Å². The van der Waals surface area contributed by atoms with Crippen LogP contribution in [0.3, 0.4) is 0 Å². The van der Waals surface area contributed by atoms with Crippen LogP contribution in [-0.2, 0) is 6.54 Å². The van der Waals surface area contributed by atoms with Crippen molar-refractivity contribution in [3.8, 4) is 0 Å². The van der Waals surface area contributed by atoms with Gasteiger partial charge in [-0.2, -0.15) is 0 Å². The monoisotopic (exact) mass is 399 g/mol. The molecule has 0 aromatic heterocycles. The summed E-state index contributed by atoms with van der Waals surface area (Å²) in [5.41, 5.74) is 3.37. The number of benzene rings is 3. The van der Waals surface area contributed by atoms with Crippen molar-refractivity contribution in [2.75, 3.05) is 19.6 Å². The first-order valence-electron chi connectivity index (χ1n) is 10.2. The molecule has 5 heteroatoms. The van der Waals surface area contributed by atoms with Gasteiger partial charge in [0.05, 0.1) is 0 Å². The SMILES string of the molecule is O=C(NCc1ccccc1)c1ccc(C(=O)N2CCNC(c3ccccc3)C2)cc1. The molecule has 0 aliphatic carbocycles. The molecule has 1 saturated heterocycles. The van der Waals surface area contributed by atoms with Crippen LogP contribution in [0.5, 0.6) is 0 Å². The maximum Gasteiger partial charge on any atom is 0.253 e. The van der Waals surface area contributed by atoms with Crippen molar-refractivity contribution in [3.63, 3.8) is 0 Å². The van der Waals surface area contributed by atoms with Crippen molar-refractivity contribution >= 4 is 11.8 Å². The molecular formula is C25H25N3O2. The van der Waals surface area contributed by atoms with Crippen LogP contribution in [-0.4, -0.2) is 36.3 Å². The summed E-state index contributed by atoms with van der Waals surface area (Å²) in [5.74, 6) is -0.155. The Balaban J connectivity index is 1.37. The lowest BCUT2D eigenvalue weighted by Crippen LogP contribution is -2.48. The average molecular weight is 399 g/mol. The van der Waals surface area contributed by atoms with E-state index in [-0.39, 0.29) is 17.9 Å². The minimum atomic E-state index is -0.149. The minimum absolute atomic E-state index is 0.00586. The lowest BCUT2D eigenvalue weighted by Gasteiger charge is -2.34. The van der Waals surface area contributed by atoms with Gasteiger partial charge in [-0.05, 0) is 35.4 Å². The third-order valence-electron chi connectivity index (χ3n) is 5.35.